The summed E-state index contributed by atoms with van der Waals surface area (Å²) in [7, 11) is -4.04. The maximum atomic E-state index is 13.5. The van der Waals surface area contributed by atoms with Crippen LogP contribution in [0.15, 0.2) is 46.3 Å². The van der Waals surface area contributed by atoms with Crippen LogP contribution in [0.3, 0.4) is 0 Å². The molecule has 0 radical (unpaired) electrons. The fourth-order valence-electron chi connectivity index (χ4n) is 3.80. The number of pyridine rings is 1. The number of halogens is 3. The van der Waals surface area contributed by atoms with Gasteiger partial charge in [-0.2, -0.15) is 4.39 Å². The third kappa shape index (κ3) is 6.34. The lowest BCUT2D eigenvalue weighted by atomic mass is 9.83. The molecular formula is C24H29F3N2O3S. The van der Waals surface area contributed by atoms with E-state index in [9.17, 15) is 26.4 Å². The van der Waals surface area contributed by atoms with Crippen molar-refractivity contribution in [2.75, 3.05) is 5.32 Å². The Bertz CT molecular complexity index is 1120. The van der Waals surface area contributed by atoms with Crippen molar-refractivity contribution in [2.45, 2.75) is 75.0 Å². The van der Waals surface area contributed by atoms with Crippen LogP contribution in [0.5, 0.6) is 0 Å². The van der Waals surface area contributed by atoms with Crippen LogP contribution < -0.4 is 5.32 Å². The summed E-state index contributed by atoms with van der Waals surface area (Å²) in [6, 6.07) is 6.47. The molecule has 2 aromatic rings. The molecule has 5 nitrogen and oxygen atoms in total. The summed E-state index contributed by atoms with van der Waals surface area (Å²) < 4.78 is 66.4. The summed E-state index contributed by atoms with van der Waals surface area (Å²) in [5.74, 6) is -3.64. The second-order valence-corrected chi connectivity index (χ2v) is 11.6. The Labute approximate surface area is 192 Å². The maximum Gasteiger partial charge on any atom is 0.248 e. The minimum atomic E-state index is -4.04. The van der Waals surface area contributed by atoms with E-state index in [1.807, 2.05) is 0 Å². The number of sulfone groups is 1. The first kappa shape index (κ1) is 25.2. The number of hydrogen-bond acceptors (Lipinski definition) is 4. The number of benzene rings is 1. The normalized spacial score (nSPS) is 17.0. The van der Waals surface area contributed by atoms with Gasteiger partial charge in [-0.15, -0.1) is 0 Å². The van der Waals surface area contributed by atoms with Crippen molar-refractivity contribution in [3.8, 4) is 0 Å². The molecule has 1 saturated carbocycles. The molecule has 0 atom stereocenters. The Morgan fingerprint density at radius 1 is 1.12 bits per heavy atom. The van der Waals surface area contributed by atoms with Crippen LogP contribution in [0, 0.1) is 17.3 Å². The molecular weight excluding hydrogens is 453 g/mol. The van der Waals surface area contributed by atoms with E-state index in [1.54, 1.807) is 26.8 Å². The number of alkyl halides is 2. The van der Waals surface area contributed by atoms with Gasteiger partial charge in [0, 0.05) is 36.2 Å². The van der Waals surface area contributed by atoms with Crippen LogP contribution in [0.2, 0.25) is 0 Å². The van der Waals surface area contributed by atoms with Crippen LogP contribution >= 0.6 is 0 Å². The Hall–Kier alpha value is -2.42. The van der Waals surface area contributed by atoms with Crippen molar-refractivity contribution < 1.29 is 26.4 Å². The predicted octanol–water partition coefficient (Wildman–Crippen LogP) is 5.80. The van der Waals surface area contributed by atoms with Crippen molar-refractivity contribution in [3.05, 3.63) is 48.0 Å². The summed E-state index contributed by atoms with van der Waals surface area (Å²) in [4.78, 5) is 15.7. The zero-order chi connectivity index (χ0) is 24.4. The van der Waals surface area contributed by atoms with E-state index in [0.29, 0.717) is 31.4 Å². The highest BCUT2D eigenvalue weighted by Gasteiger charge is 2.34. The number of carbonyl (C=O) groups is 1. The molecule has 1 amide bonds. The molecule has 180 valence electrons. The summed E-state index contributed by atoms with van der Waals surface area (Å²) in [6.07, 6.45) is 2.90. The Morgan fingerprint density at radius 2 is 1.76 bits per heavy atom. The third-order valence-corrected chi connectivity index (χ3v) is 7.74. The topological polar surface area (TPSA) is 76.1 Å². The van der Waals surface area contributed by atoms with Gasteiger partial charge < -0.3 is 5.32 Å². The fraction of sp³-hybridized carbons (Fsp3) is 0.500. The van der Waals surface area contributed by atoms with Crippen LogP contribution in [0.25, 0.3) is 0 Å². The van der Waals surface area contributed by atoms with Crippen molar-refractivity contribution in [2.24, 2.45) is 11.3 Å². The lowest BCUT2D eigenvalue weighted by Crippen LogP contribution is -2.28. The highest BCUT2D eigenvalue weighted by Crippen LogP contribution is 2.38. The first-order chi connectivity index (χ1) is 15.3. The van der Waals surface area contributed by atoms with Crippen molar-refractivity contribution >= 4 is 21.4 Å². The van der Waals surface area contributed by atoms with Gasteiger partial charge in [-0.25, -0.2) is 22.2 Å². The first-order valence-electron chi connectivity index (χ1n) is 11.0. The Kier molecular flexibility index (Phi) is 7.21. The number of nitrogens with one attached hydrogen (secondary N) is 1. The standard InChI is InChI=1S/C24H29F3N2O3S/c1-23(2,3)22(30)29-20-14-18(33(31,32)19-10-13-28-21(25)15-19)7-6-17(20)5-4-16-8-11-24(26,27)12-9-16/h6-7,10,13-16H,4-5,8-9,11-12H2,1-3H3,(H,29,30). The summed E-state index contributed by atoms with van der Waals surface area (Å²) in [6.45, 7) is 5.22. The van der Waals surface area contributed by atoms with Gasteiger partial charge in [-0.1, -0.05) is 26.8 Å². The molecule has 1 aromatic heterocycles. The molecule has 1 aromatic carbocycles. The monoisotopic (exact) mass is 482 g/mol. The van der Waals surface area contributed by atoms with Gasteiger partial charge in [-0.3, -0.25) is 4.79 Å². The van der Waals surface area contributed by atoms with Gasteiger partial charge in [0.15, 0.2) is 0 Å². The highest BCUT2D eigenvalue weighted by molar-refractivity contribution is 7.91. The van der Waals surface area contributed by atoms with Gasteiger partial charge in [0.25, 0.3) is 0 Å². The number of nitrogens with zero attached hydrogens (tertiary/aromatic N) is 1. The van der Waals surface area contributed by atoms with Gasteiger partial charge in [-0.05, 0) is 55.4 Å². The highest BCUT2D eigenvalue weighted by atomic mass is 32.2. The van der Waals surface area contributed by atoms with E-state index in [1.165, 1.54) is 18.2 Å². The number of aryl methyl sites for hydroxylation is 1. The molecule has 0 spiro atoms. The van der Waals surface area contributed by atoms with Crippen molar-refractivity contribution in [1.29, 1.82) is 0 Å². The van der Waals surface area contributed by atoms with Crippen molar-refractivity contribution in [1.82, 2.24) is 4.98 Å². The zero-order valence-electron chi connectivity index (χ0n) is 19.0. The smallest absolute Gasteiger partial charge is 0.248 e. The molecule has 0 bridgehead atoms. The Morgan fingerprint density at radius 3 is 2.36 bits per heavy atom. The molecule has 1 fully saturated rings. The summed E-state index contributed by atoms with van der Waals surface area (Å²) in [5.41, 5.74) is 0.367. The second-order valence-electron chi connectivity index (χ2n) is 9.68. The van der Waals surface area contributed by atoms with E-state index >= 15 is 0 Å². The van der Waals surface area contributed by atoms with E-state index in [0.717, 1.165) is 17.8 Å². The average molecular weight is 483 g/mol. The molecule has 1 aliphatic rings. The van der Waals surface area contributed by atoms with Gasteiger partial charge in [0.05, 0.1) is 9.79 Å². The van der Waals surface area contributed by atoms with E-state index in [4.69, 9.17) is 0 Å². The molecule has 0 aliphatic heterocycles. The number of carbonyl (C=O) groups excluding carboxylic acids is 1. The molecule has 0 saturated heterocycles. The van der Waals surface area contributed by atoms with Crippen LogP contribution in [-0.2, 0) is 21.1 Å². The molecule has 33 heavy (non-hydrogen) atoms. The first-order valence-corrected chi connectivity index (χ1v) is 12.5. The molecule has 1 heterocycles. The number of aromatic nitrogens is 1. The lowest BCUT2D eigenvalue weighted by molar-refractivity contribution is -0.123. The minimum Gasteiger partial charge on any atom is -0.325 e. The largest absolute Gasteiger partial charge is 0.325 e. The SMILES string of the molecule is CC(C)(C)C(=O)Nc1cc(S(=O)(=O)c2ccnc(F)c2)ccc1CCC1CCC(F)(F)CC1. The summed E-state index contributed by atoms with van der Waals surface area (Å²) >= 11 is 0. The van der Waals surface area contributed by atoms with Crippen LogP contribution in [0.1, 0.15) is 58.4 Å². The number of amides is 1. The molecule has 1 N–H and O–H groups in total. The van der Waals surface area contributed by atoms with E-state index < -0.39 is 27.1 Å². The van der Waals surface area contributed by atoms with Crippen LogP contribution in [-0.4, -0.2) is 25.2 Å². The quantitative estimate of drug-likeness (QED) is 0.528. The van der Waals surface area contributed by atoms with Gasteiger partial charge in [0.2, 0.25) is 27.6 Å². The van der Waals surface area contributed by atoms with Crippen molar-refractivity contribution in [3.63, 3.8) is 0 Å². The van der Waals surface area contributed by atoms with E-state index in [-0.39, 0.29) is 34.5 Å². The fourth-order valence-corrected chi connectivity index (χ4v) is 5.09. The number of rotatable bonds is 6. The summed E-state index contributed by atoms with van der Waals surface area (Å²) in [5, 5.41) is 2.82. The predicted molar refractivity (Wildman–Crippen MR) is 119 cm³/mol. The number of hydrogen-bond donors (Lipinski definition) is 1. The molecule has 0 unspecified atom stereocenters. The minimum absolute atomic E-state index is 0.0848. The second kappa shape index (κ2) is 9.44. The number of anilines is 1. The third-order valence-electron chi connectivity index (χ3n) is 5.99. The van der Waals surface area contributed by atoms with Gasteiger partial charge in [0.1, 0.15) is 0 Å². The zero-order valence-corrected chi connectivity index (χ0v) is 19.8. The Balaban J connectivity index is 1.89. The average Bonchev–Trinajstić information content (AvgIpc) is 2.73. The lowest BCUT2D eigenvalue weighted by Gasteiger charge is -2.28. The van der Waals surface area contributed by atoms with Gasteiger partial charge >= 0.3 is 0 Å². The molecule has 3 rings (SSSR count). The molecule has 1 aliphatic carbocycles. The van der Waals surface area contributed by atoms with E-state index in [2.05, 4.69) is 10.3 Å². The maximum absolute atomic E-state index is 13.5. The van der Waals surface area contributed by atoms with Crippen LogP contribution in [0.4, 0.5) is 18.9 Å². The molecule has 9 heteroatoms.